The lowest BCUT2D eigenvalue weighted by Crippen LogP contribution is -2.27. The van der Waals surface area contributed by atoms with Crippen molar-refractivity contribution >= 4 is 11.6 Å². The summed E-state index contributed by atoms with van der Waals surface area (Å²) in [6.45, 7) is 6.21. The van der Waals surface area contributed by atoms with Crippen LogP contribution in [0.5, 0.6) is 0 Å². The fourth-order valence-corrected chi connectivity index (χ4v) is 3.55. The van der Waals surface area contributed by atoms with Crippen LogP contribution in [-0.4, -0.2) is 16.0 Å². The predicted molar refractivity (Wildman–Crippen MR) is 78.1 cm³/mol. The zero-order valence-electron chi connectivity index (χ0n) is 12.1. The van der Waals surface area contributed by atoms with Crippen molar-refractivity contribution in [3.8, 4) is 0 Å². The average molecular weight is 260 g/mol. The Morgan fingerprint density at radius 3 is 2.58 bits per heavy atom. The van der Waals surface area contributed by atoms with E-state index in [9.17, 15) is 0 Å². The predicted octanol–water partition coefficient (Wildman–Crippen LogP) is 3.09. The van der Waals surface area contributed by atoms with Gasteiger partial charge >= 0.3 is 0 Å². The molecule has 2 aliphatic carbocycles. The molecule has 1 aromatic heterocycles. The highest BCUT2D eigenvalue weighted by molar-refractivity contribution is 5.55. The second kappa shape index (κ2) is 4.66. The molecule has 3 unspecified atom stereocenters. The van der Waals surface area contributed by atoms with Gasteiger partial charge in [-0.1, -0.05) is 20.3 Å². The Morgan fingerprint density at radius 1 is 1.21 bits per heavy atom. The van der Waals surface area contributed by atoms with Crippen molar-refractivity contribution in [3.05, 3.63) is 11.4 Å². The monoisotopic (exact) mass is 260 g/mol. The van der Waals surface area contributed by atoms with Crippen molar-refractivity contribution in [2.24, 2.45) is 11.8 Å². The van der Waals surface area contributed by atoms with Gasteiger partial charge in [-0.15, -0.1) is 0 Å². The van der Waals surface area contributed by atoms with Crippen LogP contribution < -0.4 is 11.1 Å². The number of rotatable bonds is 3. The summed E-state index contributed by atoms with van der Waals surface area (Å²) < 4.78 is 0. The maximum atomic E-state index is 6.02. The number of nitrogen functional groups attached to an aromatic ring is 1. The third-order valence-corrected chi connectivity index (χ3v) is 4.78. The lowest BCUT2D eigenvalue weighted by atomic mass is 9.95. The normalized spacial score (nSPS) is 29.2. The van der Waals surface area contributed by atoms with E-state index in [2.05, 4.69) is 29.1 Å². The average Bonchev–Trinajstić information content (AvgIpc) is 2.96. The van der Waals surface area contributed by atoms with Crippen LogP contribution in [0.15, 0.2) is 0 Å². The smallest absolute Gasteiger partial charge is 0.135 e. The van der Waals surface area contributed by atoms with Crippen LogP contribution in [-0.2, 0) is 0 Å². The molecule has 1 aromatic rings. The van der Waals surface area contributed by atoms with Crippen molar-refractivity contribution in [1.82, 2.24) is 9.97 Å². The Hall–Kier alpha value is -1.32. The largest absolute Gasteiger partial charge is 0.383 e. The van der Waals surface area contributed by atoms with Crippen LogP contribution in [0, 0.1) is 18.8 Å². The number of nitrogens with two attached hydrogens (primary N) is 1. The van der Waals surface area contributed by atoms with E-state index in [0.29, 0.717) is 17.8 Å². The summed E-state index contributed by atoms with van der Waals surface area (Å²) in [7, 11) is 0. The highest BCUT2D eigenvalue weighted by Crippen LogP contribution is 2.45. The molecule has 2 fully saturated rings. The Bertz CT molecular complexity index is 483. The van der Waals surface area contributed by atoms with Crippen molar-refractivity contribution in [3.63, 3.8) is 0 Å². The molecule has 104 valence electrons. The SMILES string of the molecule is Cc1c(N)nc(C(C)C)nc1NC1CC2CCC1C2. The van der Waals surface area contributed by atoms with Crippen LogP contribution in [0.4, 0.5) is 11.6 Å². The van der Waals surface area contributed by atoms with Gasteiger partial charge in [-0.3, -0.25) is 0 Å². The second-order valence-electron chi connectivity index (χ2n) is 6.52. The summed E-state index contributed by atoms with van der Waals surface area (Å²) in [6, 6.07) is 0.590. The first-order chi connectivity index (χ1) is 9.04. The Balaban J connectivity index is 1.83. The van der Waals surface area contributed by atoms with E-state index in [-0.39, 0.29) is 0 Å². The van der Waals surface area contributed by atoms with Crippen LogP contribution in [0.25, 0.3) is 0 Å². The first-order valence-electron chi connectivity index (χ1n) is 7.45. The topological polar surface area (TPSA) is 63.8 Å². The summed E-state index contributed by atoms with van der Waals surface area (Å²) in [5.41, 5.74) is 7.01. The molecule has 4 heteroatoms. The van der Waals surface area contributed by atoms with E-state index in [0.717, 1.165) is 29.0 Å². The van der Waals surface area contributed by atoms with E-state index in [1.54, 1.807) is 0 Å². The first kappa shape index (κ1) is 12.7. The molecule has 3 atom stereocenters. The highest BCUT2D eigenvalue weighted by Gasteiger charge is 2.39. The molecule has 0 radical (unpaired) electrons. The molecule has 0 saturated heterocycles. The zero-order valence-corrected chi connectivity index (χ0v) is 12.1. The standard InChI is InChI=1S/C15H24N4/c1-8(2)14-18-13(16)9(3)15(19-14)17-12-7-10-4-5-11(12)6-10/h8,10-12H,4-7H2,1-3H3,(H3,16,17,18,19). The summed E-state index contributed by atoms with van der Waals surface area (Å²) in [6.07, 6.45) is 5.49. The van der Waals surface area contributed by atoms with Gasteiger partial charge < -0.3 is 11.1 Å². The van der Waals surface area contributed by atoms with Crippen molar-refractivity contribution in [1.29, 1.82) is 0 Å². The van der Waals surface area contributed by atoms with Gasteiger partial charge in [0.15, 0.2) is 0 Å². The van der Waals surface area contributed by atoms with Gasteiger partial charge in [-0.05, 0) is 38.0 Å². The number of hydrogen-bond acceptors (Lipinski definition) is 4. The third-order valence-electron chi connectivity index (χ3n) is 4.78. The molecule has 1 heterocycles. The first-order valence-corrected chi connectivity index (χ1v) is 7.45. The van der Waals surface area contributed by atoms with E-state index >= 15 is 0 Å². The van der Waals surface area contributed by atoms with Gasteiger partial charge in [0.2, 0.25) is 0 Å². The second-order valence-corrected chi connectivity index (χ2v) is 6.52. The van der Waals surface area contributed by atoms with Gasteiger partial charge in [0, 0.05) is 17.5 Å². The molecule has 0 spiro atoms. The molecule has 2 bridgehead atoms. The number of nitrogens with zero attached hydrogens (tertiary/aromatic N) is 2. The van der Waals surface area contributed by atoms with E-state index in [1.807, 2.05) is 6.92 Å². The number of fused-ring (bicyclic) bond motifs is 2. The maximum Gasteiger partial charge on any atom is 0.135 e. The molecule has 3 N–H and O–H groups in total. The Labute approximate surface area is 115 Å². The molecule has 0 aromatic carbocycles. The van der Waals surface area contributed by atoms with Gasteiger partial charge in [-0.2, -0.15) is 0 Å². The fraction of sp³-hybridized carbons (Fsp3) is 0.733. The summed E-state index contributed by atoms with van der Waals surface area (Å²) >= 11 is 0. The lowest BCUT2D eigenvalue weighted by Gasteiger charge is -2.25. The molecule has 0 aliphatic heterocycles. The minimum Gasteiger partial charge on any atom is -0.383 e. The summed E-state index contributed by atoms with van der Waals surface area (Å²) in [5, 5.41) is 3.65. The molecule has 2 saturated carbocycles. The maximum absolute atomic E-state index is 6.02. The quantitative estimate of drug-likeness (QED) is 0.876. The van der Waals surface area contributed by atoms with E-state index in [1.165, 1.54) is 25.7 Å². The van der Waals surface area contributed by atoms with Crippen molar-refractivity contribution in [2.75, 3.05) is 11.1 Å². The van der Waals surface area contributed by atoms with Gasteiger partial charge in [-0.25, -0.2) is 9.97 Å². The minimum atomic E-state index is 0.309. The van der Waals surface area contributed by atoms with E-state index in [4.69, 9.17) is 5.73 Å². The highest BCUT2D eigenvalue weighted by atomic mass is 15.1. The van der Waals surface area contributed by atoms with Gasteiger partial charge in [0.1, 0.15) is 17.5 Å². The van der Waals surface area contributed by atoms with Crippen molar-refractivity contribution in [2.45, 2.75) is 58.4 Å². The molecular weight excluding hydrogens is 236 g/mol. The number of aromatic nitrogens is 2. The summed E-state index contributed by atoms with van der Waals surface area (Å²) in [5.74, 6) is 4.49. The van der Waals surface area contributed by atoms with Gasteiger partial charge in [0.05, 0.1) is 0 Å². The van der Waals surface area contributed by atoms with Crippen LogP contribution in [0.1, 0.15) is 56.8 Å². The fourth-order valence-electron chi connectivity index (χ4n) is 3.55. The molecule has 19 heavy (non-hydrogen) atoms. The zero-order chi connectivity index (χ0) is 13.6. The van der Waals surface area contributed by atoms with Crippen molar-refractivity contribution < 1.29 is 0 Å². The number of nitrogens with one attached hydrogen (secondary N) is 1. The molecule has 2 aliphatic rings. The molecule has 0 amide bonds. The molecular formula is C15H24N4. The summed E-state index contributed by atoms with van der Waals surface area (Å²) in [4.78, 5) is 9.06. The van der Waals surface area contributed by atoms with E-state index < -0.39 is 0 Å². The van der Waals surface area contributed by atoms with Crippen LogP contribution in [0.3, 0.4) is 0 Å². The number of anilines is 2. The lowest BCUT2D eigenvalue weighted by molar-refractivity contribution is 0.438. The Morgan fingerprint density at radius 2 is 2.00 bits per heavy atom. The van der Waals surface area contributed by atoms with Crippen LogP contribution >= 0.6 is 0 Å². The molecule has 3 rings (SSSR count). The Kier molecular flexibility index (Phi) is 3.11. The third kappa shape index (κ3) is 2.28. The minimum absolute atomic E-state index is 0.309. The molecule has 4 nitrogen and oxygen atoms in total. The van der Waals surface area contributed by atoms with Gasteiger partial charge in [0.25, 0.3) is 0 Å². The number of hydrogen-bond donors (Lipinski definition) is 2. The van der Waals surface area contributed by atoms with Crippen LogP contribution in [0.2, 0.25) is 0 Å².